The summed E-state index contributed by atoms with van der Waals surface area (Å²) in [6, 6.07) is 12.5. The molecule has 4 heterocycles. The Balaban J connectivity index is 1.33. The van der Waals surface area contributed by atoms with Crippen molar-refractivity contribution in [2.24, 2.45) is 5.92 Å². The van der Waals surface area contributed by atoms with Crippen LogP contribution in [0.5, 0.6) is 5.75 Å². The molecule has 2 aromatic rings. The molecule has 0 saturated carbocycles. The first-order chi connectivity index (χ1) is 17.5. The van der Waals surface area contributed by atoms with Gasteiger partial charge >= 0.3 is 6.03 Å². The summed E-state index contributed by atoms with van der Waals surface area (Å²) in [7, 11) is 1.60. The average Bonchev–Trinajstić information content (AvgIpc) is 3.52. The first-order valence-corrected chi connectivity index (χ1v) is 12.6. The van der Waals surface area contributed by atoms with Gasteiger partial charge in [-0.2, -0.15) is 0 Å². The molecule has 2 unspecified atom stereocenters. The summed E-state index contributed by atoms with van der Waals surface area (Å²) in [6.07, 6.45) is 4.69. The second-order valence-corrected chi connectivity index (χ2v) is 9.65. The summed E-state index contributed by atoms with van der Waals surface area (Å²) >= 11 is 0. The number of ether oxygens (including phenoxy) is 2. The molecule has 5 rings (SSSR count). The number of aromatic nitrogens is 1. The lowest BCUT2D eigenvalue weighted by molar-refractivity contribution is -0.137. The van der Waals surface area contributed by atoms with Crippen LogP contribution in [0.3, 0.4) is 0 Å². The highest BCUT2D eigenvalue weighted by Gasteiger charge is 2.58. The van der Waals surface area contributed by atoms with E-state index in [2.05, 4.69) is 10.3 Å². The molecular formula is C27H32N4O5. The Morgan fingerprint density at radius 2 is 1.92 bits per heavy atom. The minimum Gasteiger partial charge on any atom is -0.496 e. The Bertz CT molecular complexity index is 1110. The van der Waals surface area contributed by atoms with Crippen molar-refractivity contribution in [2.45, 2.75) is 43.7 Å². The molecule has 3 aliphatic heterocycles. The number of rotatable bonds is 7. The number of methoxy groups -OCH3 is 1. The van der Waals surface area contributed by atoms with Gasteiger partial charge in [-0.25, -0.2) is 4.79 Å². The first kappa shape index (κ1) is 24.2. The maximum absolute atomic E-state index is 13.9. The predicted octanol–water partition coefficient (Wildman–Crippen LogP) is 2.50. The van der Waals surface area contributed by atoms with Crippen molar-refractivity contribution in [3.63, 3.8) is 0 Å². The molecule has 36 heavy (non-hydrogen) atoms. The number of urea groups is 1. The van der Waals surface area contributed by atoms with Crippen LogP contribution in [-0.4, -0.2) is 72.1 Å². The maximum Gasteiger partial charge on any atom is 0.325 e. The molecule has 1 aromatic carbocycles. The third-order valence-electron chi connectivity index (χ3n) is 7.61. The topological polar surface area (TPSA) is 101 Å². The molecule has 1 aromatic heterocycles. The minimum absolute atomic E-state index is 0.0200. The number of carbonyl (C=O) groups excluding carboxylic acids is 3. The first-order valence-electron chi connectivity index (χ1n) is 12.6. The van der Waals surface area contributed by atoms with Crippen molar-refractivity contribution >= 4 is 17.8 Å². The lowest BCUT2D eigenvalue weighted by Gasteiger charge is -2.40. The molecule has 4 amide bonds. The Morgan fingerprint density at radius 3 is 2.61 bits per heavy atom. The zero-order valence-corrected chi connectivity index (χ0v) is 20.5. The monoisotopic (exact) mass is 492 g/mol. The van der Waals surface area contributed by atoms with Crippen LogP contribution in [0.4, 0.5) is 4.79 Å². The van der Waals surface area contributed by atoms with Gasteiger partial charge in [-0.3, -0.25) is 19.5 Å². The highest BCUT2D eigenvalue weighted by Crippen LogP contribution is 2.41. The predicted molar refractivity (Wildman–Crippen MR) is 131 cm³/mol. The van der Waals surface area contributed by atoms with Gasteiger partial charge in [0.15, 0.2) is 5.54 Å². The molecular weight excluding hydrogens is 460 g/mol. The molecule has 190 valence electrons. The fraction of sp³-hybridized carbons (Fsp3) is 0.481. The zero-order valence-electron chi connectivity index (χ0n) is 20.5. The Morgan fingerprint density at radius 1 is 1.14 bits per heavy atom. The van der Waals surface area contributed by atoms with Crippen molar-refractivity contribution in [3.05, 3.63) is 59.9 Å². The summed E-state index contributed by atoms with van der Waals surface area (Å²) in [5, 5.41) is 3.03. The number of hydrogen-bond acceptors (Lipinski definition) is 6. The Kier molecular flexibility index (Phi) is 6.91. The highest BCUT2D eigenvalue weighted by atomic mass is 16.5. The van der Waals surface area contributed by atoms with Gasteiger partial charge in [-0.05, 0) is 43.9 Å². The van der Waals surface area contributed by atoms with Gasteiger partial charge in [-0.1, -0.05) is 24.3 Å². The molecule has 9 heteroatoms. The summed E-state index contributed by atoms with van der Waals surface area (Å²) in [5.74, 6) is 0.251. The zero-order chi connectivity index (χ0) is 25.1. The van der Waals surface area contributed by atoms with Gasteiger partial charge in [0, 0.05) is 37.4 Å². The minimum atomic E-state index is -1.24. The van der Waals surface area contributed by atoms with Crippen LogP contribution in [0.1, 0.15) is 36.9 Å². The van der Waals surface area contributed by atoms with Gasteiger partial charge in [0.2, 0.25) is 5.91 Å². The van der Waals surface area contributed by atoms with Crippen LogP contribution in [-0.2, 0) is 26.3 Å². The molecule has 0 radical (unpaired) electrons. The largest absolute Gasteiger partial charge is 0.496 e. The van der Waals surface area contributed by atoms with Crippen LogP contribution in [0.15, 0.2) is 48.7 Å². The van der Waals surface area contributed by atoms with E-state index in [0.717, 1.165) is 18.4 Å². The molecule has 0 bridgehead atoms. The number of likely N-dealkylation sites (tertiary alicyclic amines) is 1. The van der Waals surface area contributed by atoms with E-state index >= 15 is 0 Å². The number of nitrogens with one attached hydrogen (secondary N) is 1. The van der Waals surface area contributed by atoms with Gasteiger partial charge in [0.25, 0.3) is 5.91 Å². The van der Waals surface area contributed by atoms with E-state index in [1.807, 2.05) is 35.2 Å². The molecule has 0 aliphatic carbocycles. The number of nitrogens with zero attached hydrogens (tertiary/aromatic N) is 3. The standard InChI is InChI=1S/C27H32N4O5/c1-35-22-9-3-2-7-19(22)17-24(32)30-14-11-20(12-15-30)27(23-10-4-5-13-28-23)25(33)31(26(34)29-27)18-21-8-6-16-36-21/h2-5,7,9-10,13,20-21H,6,8,11-12,14-18H2,1H3,(H,29,34). The molecule has 3 saturated heterocycles. The maximum atomic E-state index is 13.9. The highest BCUT2D eigenvalue weighted by molar-refractivity contribution is 6.07. The van der Waals surface area contributed by atoms with Crippen molar-refractivity contribution in [1.82, 2.24) is 20.1 Å². The van der Waals surface area contributed by atoms with E-state index in [0.29, 0.717) is 44.0 Å². The van der Waals surface area contributed by atoms with Crippen molar-refractivity contribution in [1.29, 1.82) is 0 Å². The average molecular weight is 493 g/mol. The van der Waals surface area contributed by atoms with E-state index in [1.165, 1.54) is 4.90 Å². The van der Waals surface area contributed by atoms with Crippen LogP contribution in [0.25, 0.3) is 0 Å². The van der Waals surface area contributed by atoms with E-state index in [9.17, 15) is 14.4 Å². The normalized spacial score (nSPS) is 24.8. The Hall–Kier alpha value is -3.46. The molecule has 3 fully saturated rings. The van der Waals surface area contributed by atoms with E-state index < -0.39 is 11.6 Å². The Labute approximate surface area is 210 Å². The van der Waals surface area contributed by atoms with E-state index in [1.54, 1.807) is 25.4 Å². The number of benzene rings is 1. The fourth-order valence-electron chi connectivity index (χ4n) is 5.69. The summed E-state index contributed by atoms with van der Waals surface area (Å²) < 4.78 is 11.1. The summed E-state index contributed by atoms with van der Waals surface area (Å²) in [6.45, 7) is 1.90. The van der Waals surface area contributed by atoms with E-state index in [4.69, 9.17) is 9.47 Å². The fourth-order valence-corrected chi connectivity index (χ4v) is 5.69. The number of imide groups is 1. The van der Waals surface area contributed by atoms with Crippen LogP contribution >= 0.6 is 0 Å². The quantitative estimate of drug-likeness (QED) is 0.596. The number of carbonyl (C=O) groups is 3. The van der Waals surface area contributed by atoms with Crippen molar-refractivity contribution < 1.29 is 23.9 Å². The molecule has 9 nitrogen and oxygen atoms in total. The number of piperidine rings is 1. The van der Waals surface area contributed by atoms with Gasteiger partial charge < -0.3 is 19.7 Å². The van der Waals surface area contributed by atoms with Gasteiger partial charge in [0.1, 0.15) is 5.75 Å². The third-order valence-corrected chi connectivity index (χ3v) is 7.61. The van der Waals surface area contributed by atoms with E-state index in [-0.39, 0.29) is 36.8 Å². The lowest BCUT2D eigenvalue weighted by Crippen LogP contribution is -2.55. The second-order valence-electron chi connectivity index (χ2n) is 9.65. The lowest BCUT2D eigenvalue weighted by atomic mass is 9.75. The molecule has 0 spiro atoms. The van der Waals surface area contributed by atoms with Crippen molar-refractivity contribution in [2.75, 3.05) is 33.4 Å². The number of amides is 4. The number of para-hydroxylation sites is 1. The number of hydrogen-bond donors (Lipinski definition) is 1. The molecule has 2 atom stereocenters. The SMILES string of the molecule is COc1ccccc1CC(=O)N1CCC(C2(c3ccccn3)NC(=O)N(CC3CCCO3)C2=O)CC1. The van der Waals surface area contributed by atoms with Crippen LogP contribution in [0, 0.1) is 5.92 Å². The molecule has 3 aliphatic rings. The van der Waals surface area contributed by atoms with Crippen LogP contribution < -0.4 is 10.1 Å². The summed E-state index contributed by atoms with van der Waals surface area (Å²) in [4.78, 5) is 47.7. The number of pyridine rings is 1. The smallest absolute Gasteiger partial charge is 0.325 e. The second kappa shape index (κ2) is 10.3. The van der Waals surface area contributed by atoms with Gasteiger partial charge in [-0.15, -0.1) is 0 Å². The third kappa shape index (κ3) is 4.43. The van der Waals surface area contributed by atoms with Crippen LogP contribution in [0.2, 0.25) is 0 Å². The summed E-state index contributed by atoms with van der Waals surface area (Å²) in [5.41, 5.74) is 0.145. The molecule has 1 N–H and O–H groups in total. The van der Waals surface area contributed by atoms with Gasteiger partial charge in [0.05, 0.1) is 31.9 Å². The van der Waals surface area contributed by atoms with Crippen molar-refractivity contribution in [3.8, 4) is 5.75 Å².